The highest BCUT2D eigenvalue weighted by Gasteiger charge is 2.20. The van der Waals surface area contributed by atoms with Crippen molar-refractivity contribution in [3.8, 4) is 0 Å². The quantitative estimate of drug-likeness (QED) is 0.824. The average Bonchev–Trinajstić information content (AvgIpc) is 2.73. The summed E-state index contributed by atoms with van der Waals surface area (Å²) in [5, 5.41) is 10.6. The van der Waals surface area contributed by atoms with Gasteiger partial charge >= 0.3 is 0 Å². The highest BCUT2D eigenvalue weighted by atomic mass is 16.4. The van der Waals surface area contributed by atoms with Gasteiger partial charge in [0, 0.05) is 5.39 Å². The van der Waals surface area contributed by atoms with E-state index >= 15 is 0 Å². The molecular weight excluding hydrogens is 216 g/mol. The average molecular weight is 232 g/mol. The fourth-order valence-corrected chi connectivity index (χ4v) is 1.90. The molecule has 90 valence electrons. The van der Waals surface area contributed by atoms with Crippen molar-refractivity contribution in [2.45, 2.75) is 32.8 Å². The second kappa shape index (κ2) is 4.72. The first kappa shape index (κ1) is 11.9. The molecule has 1 N–H and O–H groups in total. The maximum absolute atomic E-state index is 11.9. The Kier molecular flexibility index (Phi) is 3.29. The van der Waals surface area contributed by atoms with Crippen molar-refractivity contribution in [1.29, 1.82) is 0 Å². The largest absolute Gasteiger partial charge is 0.453 e. The van der Waals surface area contributed by atoms with Gasteiger partial charge in [0.2, 0.25) is 5.78 Å². The van der Waals surface area contributed by atoms with Crippen molar-refractivity contribution >= 4 is 16.8 Å². The Labute approximate surface area is 100 Å². The molecule has 3 nitrogen and oxygen atoms in total. The topological polar surface area (TPSA) is 50.4 Å². The lowest BCUT2D eigenvalue weighted by Gasteiger charge is -2.04. The Balaban J connectivity index is 2.37. The SMILES string of the molecule is CCCC(O)C(=O)c1cc2cccc(C)c2o1. The van der Waals surface area contributed by atoms with Crippen LogP contribution in [0.15, 0.2) is 28.7 Å². The molecule has 0 aliphatic carbocycles. The summed E-state index contributed by atoms with van der Waals surface area (Å²) in [7, 11) is 0. The Hall–Kier alpha value is -1.61. The molecule has 1 heterocycles. The molecule has 17 heavy (non-hydrogen) atoms. The molecule has 0 saturated carbocycles. The number of aliphatic hydroxyl groups is 1. The summed E-state index contributed by atoms with van der Waals surface area (Å²) in [5.41, 5.74) is 1.71. The zero-order valence-corrected chi connectivity index (χ0v) is 10.1. The lowest BCUT2D eigenvalue weighted by atomic mass is 10.1. The van der Waals surface area contributed by atoms with Crippen LogP contribution in [0, 0.1) is 6.92 Å². The summed E-state index contributed by atoms with van der Waals surface area (Å²) in [6, 6.07) is 7.45. The van der Waals surface area contributed by atoms with Crippen molar-refractivity contribution in [2.75, 3.05) is 0 Å². The van der Waals surface area contributed by atoms with Crippen molar-refractivity contribution in [1.82, 2.24) is 0 Å². The summed E-state index contributed by atoms with van der Waals surface area (Å²) in [6.07, 6.45) is 0.280. The number of hydrogen-bond acceptors (Lipinski definition) is 3. The lowest BCUT2D eigenvalue weighted by molar-refractivity contribution is 0.0702. The van der Waals surface area contributed by atoms with Crippen LogP contribution in [0.25, 0.3) is 11.0 Å². The molecule has 0 aliphatic heterocycles. The number of hydrogen-bond donors (Lipinski definition) is 1. The van der Waals surface area contributed by atoms with Crippen molar-refractivity contribution in [3.63, 3.8) is 0 Å². The monoisotopic (exact) mass is 232 g/mol. The van der Waals surface area contributed by atoms with Gasteiger partial charge in [0.1, 0.15) is 11.7 Å². The smallest absolute Gasteiger partial charge is 0.226 e. The van der Waals surface area contributed by atoms with Crippen LogP contribution >= 0.6 is 0 Å². The molecular formula is C14H16O3. The molecule has 0 bridgehead atoms. The van der Waals surface area contributed by atoms with Gasteiger partial charge in [0.15, 0.2) is 5.76 Å². The van der Waals surface area contributed by atoms with E-state index in [0.29, 0.717) is 6.42 Å². The maximum atomic E-state index is 11.9. The molecule has 0 radical (unpaired) electrons. The molecule has 1 atom stereocenters. The van der Waals surface area contributed by atoms with Gasteiger partial charge in [-0.3, -0.25) is 4.79 Å². The van der Waals surface area contributed by atoms with E-state index in [2.05, 4.69) is 0 Å². The number of aryl methyl sites for hydroxylation is 1. The predicted octanol–water partition coefficient (Wildman–Crippen LogP) is 3.08. The van der Waals surface area contributed by atoms with E-state index < -0.39 is 6.10 Å². The third-order valence-corrected chi connectivity index (χ3v) is 2.85. The number of carbonyl (C=O) groups excluding carboxylic acids is 1. The number of rotatable bonds is 4. The van der Waals surface area contributed by atoms with E-state index in [4.69, 9.17) is 4.42 Å². The molecule has 0 fully saturated rings. The standard InChI is InChI=1S/C14H16O3/c1-3-5-11(15)13(16)12-8-10-7-4-6-9(2)14(10)17-12/h4,6-8,11,15H,3,5H2,1-2H3. The van der Waals surface area contributed by atoms with Gasteiger partial charge in [-0.1, -0.05) is 31.5 Å². The summed E-state index contributed by atoms with van der Waals surface area (Å²) >= 11 is 0. The van der Waals surface area contributed by atoms with E-state index in [1.807, 2.05) is 32.0 Å². The Morgan fingerprint density at radius 3 is 2.88 bits per heavy atom. The fourth-order valence-electron chi connectivity index (χ4n) is 1.90. The molecule has 0 spiro atoms. The highest BCUT2D eigenvalue weighted by molar-refractivity contribution is 6.00. The second-order valence-corrected chi connectivity index (χ2v) is 4.27. The second-order valence-electron chi connectivity index (χ2n) is 4.27. The number of Topliss-reactive ketones (excluding diaryl/α,β-unsaturated/α-hetero) is 1. The van der Waals surface area contributed by atoms with E-state index in [1.165, 1.54) is 0 Å². The molecule has 2 aromatic rings. The van der Waals surface area contributed by atoms with E-state index in [9.17, 15) is 9.90 Å². The number of aliphatic hydroxyl groups excluding tert-OH is 1. The third-order valence-electron chi connectivity index (χ3n) is 2.85. The molecule has 0 saturated heterocycles. The number of para-hydroxylation sites is 1. The first-order valence-electron chi connectivity index (χ1n) is 5.85. The zero-order valence-electron chi connectivity index (χ0n) is 10.1. The molecule has 0 amide bonds. The van der Waals surface area contributed by atoms with Gasteiger partial charge in [0.05, 0.1) is 0 Å². The van der Waals surface area contributed by atoms with E-state index in [0.717, 1.165) is 23.0 Å². The van der Waals surface area contributed by atoms with Crippen LogP contribution in [-0.4, -0.2) is 17.0 Å². The van der Waals surface area contributed by atoms with Crippen molar-refractivity contribution in [3.05, 3.63) is 35.6 Å². The van der Waals surface area contributed by atoms with Gasteiger partial charge in [-0.15, -0.1) is 0 Å². The number of benzene rings is 1. The number of ketones is 1. The highest BCUT2D eigenvalue weighted by Crippen LogP contribution is 2.23. The van der Waals surface area contributed by atoms with Gasteiger partial charge < -0.3 is 9.52 Å². The number of carbonyl (C=O) groups is 1. The van der Waals surface area contributed by atoms with Gasteiger partial charge in [-0.25, -0.2) is 0 Å². The Bertz CT molecular complexity index is 539. The summed E-state index contributed by atoms with van der Waals surface area (Å²) < 4.78 is 5.52. The first-order chi connectivity index (χ1) is 8.13. The Morgan fingerprint density at radius 2 is 2.24 bits per heavy atom. The predicted molar refractivity (Wildman–Crippen MR) is 66.2 cm³/mol. The normalized spacial score (nSPS) is 12.9. The molecule has 0 aliphatic rings. The molecule has 1 aromatic carbocycles. The zero-order chi connectivity index (χ0) is 12.4. The lowest BCUT2D eigenvalue weighted by Crippen LogP contribution is -2.19. The van der Waals surface area contributed by atoms with E-state index in [1.54, 1.807) is 6.07 Å². The van der Waals surface area contributed by atoms with Crippen molar-refractivity contribution < 1.29 is 14.3 Å². The Morgan fingerprint density at radius 1 is 1.47 bits per heavy atom. The summed E-state index contributed by atoms with van der Waals surface area (Å²) in [4.78, 5) is 11.9. The maximum Gasteiger partial charge on any atom is 0.226 e. The number of furan rings is 1. The van der Waals surface area contributed by atoms with Crippen molar-refractivity contribution in [2.24, 2.45) is 0 Å². The van der Waals surface area contributed by atoms with Gasteiger partial charge in [0.25, 0.3) is 0 Å². The van der Waals surface area contributed by atoms with Crippen LogP contribution in [0.1, 0.15) is 35.9 Å². The molecule has 1 unspecified atom stereocenters. The fraction of sp³-hybridized carbons (Fsp3) is 0.357. The van der Waals surface area contributed by atoms with Gasteiger partial charge in [-0.05, 0) is 25.0 Å². The van der Waals surface area contributed by atoms with Gasteiger partial charge in [-0.2, -0.15) is 0 Å². The van der Waals surface area contributed by atoms with Crippen LogP contribution in [0.2, 0.25) is 0 Å². The van der Waals surface area contributed by atoms with Crippen LogP contribution in [0.4, 0.5) is 0 Å². The molecule has 3 heteroatoms. The third kappa shape index (κ3) is 2.24. The summed E-state index contributed by atoms with van der Waals surface area (Å²) in [5.74, 6) is -0.0855. The van der Waals surface area contributed by atoms with Crippen LogP contribution in [-0.2, 0) is 0 Å². The first-order valence-corrected chi connectivity index (χ1v) is 5.85. The minimum absolute atomic E-state index is 0.246. The van der Waals surface area contributed by atoms with Crippen LogP contribution < -0.4 is 0 Å². The minimum atomic E-state index is -0.958. The summed E-state index contributed by atoms with van der Waals surface area (Å²) in [6.45, 7) is 3.86. The van der Waals surface area contributed by atoms with Crippen LogP contribution in [0.5, 0.6) is 0 Å². The molecule has 2 rings (SSSR count). The number of fused-ring (bicyclic) bond motifs is 1. The molecule has 1 aromatic heterocycles. The minimum Gasteiger partial charge on any atom is -0.453 e. The van der Waals surface area contributed by atoms with E-state index in [-0.39, 0.29) is 11.5 Å². The van der Waals surface area contributed by atoms with Crippen LogP contribution in [0.3, 0.4) is 0 Å².